The van der Waals surface area contributed by atoms with Gasteiger partial charge in [0.2, 0.25) is 10.0 Å². The van der Waals surface area contributed by atoms with E-state index in [4.69, 9.17) is 0 Å². The normalized spacial score (nSPS) is 13.8. The molecule has 11 heteroatoms. The molecule has 0 saturated carbocycles. The Hall–Kier alpha value is -3.64. The van der Waals surface area contributed by atoms with Crippen LogP contribution in [-0.2, 0) is 29.5 Å². The minimum absolute atomic E-state index is 0.114. The van der Waals surface area contributed by atoms with Gasteiger partial charge in [-0.2, -0.15) is 9.40 Å². The Morgan fingerprint density at radius 3 is 2.37 bits per heavy atom. The highest BCUT2D eigenvalue weighted by Gasteiger charge is 2.31. The minimum atomic E-state index is -3.77. The van der Waals surface area contributed by atoms with E-state index < -0.39 is 15.9 Å². The number of hydrogen-bond acceptors (Lipinski definition) is 7. The molecule has 1 aliphatic rings. The third kappa shape index (κ3) is 6.35. The molecule has 0 atom stereocenters. The zero-order valence-corrected chi connectivity index (χ0v) is 26.8. The zero-order valence-electron chi connectivity index (χ0n) is 25.1. The van der Waals surface area contributed by atoms with E-state index in [-0.39, 0.29) is 17.3 Å². The number of carbonyl (C=O) groups excluding carboxylic acids is 2. The Bertz CT molecular complexity index is 1740. The van der Waals surface area contributed by atoms with Gasteiger partial charge in [-0.25, -0.2) is 13.1 Å². The molecule has 0 bridgehead atoms. The molecule has 0 saturated heterocycles. The lowest BCUT2D eigenvalue weighted by Crippen LogP contribution is -2.35. The van der Waals surface area contributed by atoms with Gasteiger partial charge in [0.05, 0.1) is 16.2 Å². The fourth-order valence-electron chi connectivity index (χ4n) is 5.38. The second-order valence-corrected chi connectivity index (χ2v) is 14.1. The van der Waals surface area contributed by atoms with Gasteiger partial charge in [0, 0.05) is 48.4 Å². The van der Waals surface area contributed by atoms with Gasteiger partial charge < -0.3 is 5.32 Å². The highest BCUT2D eigenvalue weighted by molar-refractivity contribution is 7.89. The molecule has 2 aromatic carbocycles. The molecule has 0 radical (unpaired) electrons. The topological polar surface area (TPSA) is 105 Å². The Morgan fingerprint density at radius 2 is 1.77 bits per heavy atom. The van der Waals surface area contributed by atoms with Crippen molar-refractivity contribution in [1.82, 2.24) is 19.0 Å². The largest absolute Gasteiger partial charge is 0.313 e. The third-order valence-corrected chi connectivity index (χ3v) is 10.8. The average molecular weight is 620 g/mol. The first kappa shape index (κ1) is 30.8. The number of benzene rings is 2. The van der Waals surface area contributed by atoms with Crippen LogP contribution in [0, 0.1) is 13.8 Å². The maximum absolute atomic E-state index is 13.8. The van der Waals surface area contributed by atoms with Crippen LogP contribution in [0.15, 0.2) is 65.6 Å². The van der Waals surface area contributed by atoms with E-state index >= 15 is 0 Å². The van der Waals surface area contributed by atoms with Gasteiger partial charge in [-0.3, -0.25) is 14.5 Å². The zero-order chi connectivity index (χ0) is 30.9. The standard InChI is InChI=1S/C32H37N5O4S2/c1-6-36(19-24-10-8-7-9-11-24)43(40,41)26-14-12-25(13-15-26)30(38)33-31-29(32(39)37-23(5)18-22(4)34-37)27-16-17-35(21(2)3)20-28(27)42-31/h7-15,18,21H,6,16-17,19-20H2,1-5H3,(H,33,38). The molecular weight excluding hydrogens is 583 g/mol. The van der Waals surface area contributed by atoms with E-state index in [0.29, 0.717) is 41.7 Å². The van der Waals surface area contributed by atoms with Gasteiger partial charge in [0.25, 0.3) is 11.8 Å². The molecule has 0 fully saturated rings. The van der Waals surface area contributed by atoms with Gasteiger partial charge in [-0.1, -0.05) is 37.3 Å². The maximum Gasteiger partial charge on any atom is 0.281 e. The average Bonchev–Trinajstić information content (AvgIpc) is 3.53. The molecule has 9 nitrogen and oxygen atoms in total. The molecule has 0 spiro atoms. The summed E-state index contributed by atoms with van der Waals surface area (Å²) in [6.45, 7) is 11.9. The van der Waals surface area contributed by atoms with Crippen molar-refractivity contribution in [2.24, 2.45) is 0 Å². The van der Waals surface area contributed by atoms with Gasteiger partial charge in [0.1, 0.15) is 5.00 Å². The molecule has 3 heterocycles. The highest BCUT2D eigenvalue weighted by atomic mass is 32.2. The molecule has 43 heavy (non-hydrogen) atoms. The first-order valence-corrected chi connectivity index (χ1v) is 16.7. The summed E-state index contributed by atoms with van der Waals surface area (Å²) in [6, 6.07) is 17.6. The Balaban J connectivity index is 1.41. The molecule has 0 unspecified atom stereocenters. The van der Waals surface area contributed by atoms with Gasteiger partial charge in [-0.05, 0) is 75.6 Å². The van der Waals surface area contributed by atoms with E-state index in [9.17, 15) is 18.0 Å². The fraction of sp³-hybridized carbons (Fsp3) is 0.344. The van der Waals surface area contributed by atoms with Crippen molar-refractivity contribution >= 4 is 38.2 Å². The lowest BCUT2D eigenvalue weighted by atomic mass is 10.0. The van der Waals surface area contributed by atoms with E-state index in [1.54, 1.807) is 6.92 Å². The summed E-state index contributed by atoms with van der Waals surface area (Å²) in [5.41, 5.74) is 4.09. The number of amides is 1. The lowest BCUT2D eigenvalue weighted by molar-refractivity contribution is 0.0941. The second kappa shape index (κ2) is 12.5. The van der Waals surface area contributed by atoms with Gasteiger partial charge >= 0.3 is 0 Å². The quantitative estimate of drug-likeness (QED) is 0.266. The number of carbonyl (C=O) groups is 2. The second-order valence-electron chi connectivity index (χ2n) is 11.1. The summed E-state index contributed by atoms with van der Waals surface area (Å²) in [4.78, 5) is 30.8. The van der Waals surface area contributed by atoms with E-state index in [0.717, 1.165) is 33.9 Å². The molecule has 1 N–H and O–H groups in total. The fourth-order valence-corrected chi connectivity index (χ4v) is 8.07. The predicted octanol–water partition coefficient (Wildman–Crippen LogP) is 5.48. The van der Waals surface area contributed by atoms with Crippen LogP contribution in [0.4, 0.5) is 5.00 Å². The summed E-state index contributed by atoms with van der Waals surface area (Å²) in [7, 11) is -3.77. The van der Waals surface area contributed by atoms with Crippen molar-refractivity contribution in [2.75, 3.05) is 18.4 Å². The van der Waals surface area contributed by atoms with Crippen LogP contribution in [0.5, 0.6) is 0 Å². The van der Waals surface area contributed by atoms with Crippen LogP contribution in [0.1, 0.15) is 68.9 Å². The Kier molecular flexibility index (Phi) is 8.98. The summed E-state index contributed by atoms with van der Waals surface area (Å²) in [5.74, 6) is -0.682. The van der Waals surface area contributed by atoms with Crippen LogP contribution in [-0.4, -0.2) is 58.3 Å². The van der Waals surface area contributed by atoms with E-state index in [1.807, 2.05) is 50.2 Å². The highest BCUT2D eigenvalue weighted by Crippen LogP contribution is 2.38. The number of aromatic nitrogens is 2. The molecule has 0 aliphatic carbocycles. The van der Waals surface area contributed by atoms with Crippen LogP contribution in [0.2, 0.25) is 0 Å². The van der Waals surface area contributed by atoms with Crippen LogP contribution in [0.3, 0.4) is 0 Å². The Labute approximate surface area is 257 Å². The molecular formula is C32H37N5O4S2. The molecule has 1 amide bonds. The number of nitrogens with one attached hydrogen (secondary N) is 1. The number of thiophene rings is 1. The first-order valence-electron chi connectivity index (χ1n) is 14.4. The summed E-state index contributed by atoms with van der Waals surface area (Å²) in [5, 5.41) is 7.86. The van der Waals surface area contributed by atoms with Gasteiger partial charge in [-0.15, -0.1) is 11.3 Å². The lowest BCUT2D eigenvalue weighted by Gasteiger charge is -2.30. The SMILES string of the molecule is CCN(Cc1ccccc1)S(=O)(=O)c1ccc(C(=O)Nc2sc3c(c2C(=O)n2nc(C)cc2C)CCN(C(C)C)C3)cc1. The van der Waals surface area contributed by atoms with Crippen molar-refractivity contribution in [1.29, 1.82) is 0 Å². The van der Waals surface area contributed by atoms with Crippen LogP contribution < -0.4 is 5.32 Å². The van der Waals surface area contributed by atoms with Crippen molar-refractivity contribution in [3.05, 3.63) is 99.2 Å². The number of anilines is 1. The van der Waals surface area contributed by atoms with E-state index in [1.165, 1.54) is 44.6 Å². The maximum atomic E-state index is 13.8. The number of fused-ring (bicyclic) bond motifs is 1. The van der Waals surface area contributed by atoms with Crippen molar-refractivity contribution in [2.45, 2.75) is 65.1 Å². The molecule has 226 valence electrons. The number of sulfonamides is 1. The first-order chi connectivity index (χ1) is 20.5. The van der Waals surface area contributed by atoms with Crippen molar-refractivity contribution in [3.63, 3.8) is 0 Å². The van der Waals surface area contributed by atoms with Crippen LogP contribution >= 0.6 is 11.3 Å². The number of hydrogen-bond donors (Lipinski definition) is 1. The monoisotopic (exact) mass is 619 g/mol. The van der Waals surface area contributed by atoms with Gasteiger partial charge in [0.15, 0.2) is 0 Å². The predicted molar refractivity (Wildman–Crippen MR) is 169 cm³/mol. The summed E-state index contributed by atoms with van der Waals surface area (Å²) < 4.78 is 29.6. The molecule has 1 aliphatic heterocycles. The van der Waals surface area contributed by atoms with E-state index in [2.05, 4.69) is 29.2 Å². The summed E-state index contributed by atoms with van der Waals surface area (Å²) >= 11 is 1.42. The number of nitrogens with zero attached hydrogens (tertiary/aromatic N) is 4. The van der Waals surface area contributed by atoms with Crippen LogP contribution in [0.25, 0.3) is 0 Å². The number of rotatable bonds is 9. The molecule has 5 rings (SSSR count). The molecule has 4 aromatic rings. The minimum Gasteiger partial charge on any atom is -0.313 e. The third-order valence-electron chi connectivity index (χ3n) is 7.77. The molecule has 2 aromatic heterocycles. The number of aryl methyl sites for hydroxylation is 2. The smallest absolute Gasteiger partial charge is 0.281 e. The van der Waals surface area contributed by atoms with Crippen molar-refractivity contribution in [3.8, 4) is 0 Å². The summed E-state index contributed by atoms with van der Waals surface area (Å²) in [6.07, 6.45) is 0.698. The Morgan fingerprint density at radius 1 is 1.07 bits per heavy atom. The van der Waals surface area contributed by atoms with Crippen molar-refractivity contribution < 1.29 is 18.0 Å².